The van der Waals surface area contributed by atoms with Crippen LogP contribution < -0.4 is 5.32 Å². The first-order valence-corrected chi connectivity index (χ1v) is 12.6. The van der Waals surface area contributed by atoms with Crippen molar-refractivity contribution >= 4 is 33.2 Å². The maximum Gasteiger partial charge on any atom is 0.234 e. The number of nitrogens with one attached hydrogen (secondary N) is 1. The van der Waals surface area contributed by atoms with Gasteiger partial charge in [0.25, 0.3) is 0 Å². The first-order valence-electron chi connectivity index (χ1n) is 9.71. The number of nitrogens with zero attached hydrogens (tertiary/aromatic N) is 3. The topological polar surface area (TPSA) is 93.9 Å². The zero-order chi connectivity index (χ0) is 22.6. The van der Waals surface area contributed by atoms with E-state index in [1.807, 2.05) is 65.2 Å². The molecule has 0 spiro atoms. The summed E-state index contributed by atoms with van der Waals surface area (Å²) in [5.41, 5.74) is 2.35. The Kier molecular flexibility index (Phi) is 6.38. The van der Waals surface area contributed by atoms with Crippen molar-refractivity contribution in [2.24, 2.45) is 0 Å². The van der Waals surface area contributed by atoms with Crippen LogP contribution in [-0.2, 0) is 14.6 Å². The number of aromatic nitrogens is 3. The van der Waals surface area contributed by atoms with E-state index in [0.29, 0.717) is 16.7 Å². The summed E-state index contributed by atoms with van der Waals surface area (Å²) >= 11 is 1.27. The molecule has 9 heteroatoms. The standard InChI is InChI=1S/C23H20N4O3S2/c1-32(29,30)20-14-12-18(13-15-20)24-21(28)16-31-23-26-25-22(17-8-4-2-5-9-17)27(23)19-10-6-3-7-11-19/h2-15H,16H2,1H3,(H,24,28). The first kappa shape index (κ1) is 21.8. The van der Waals surface area contributed by atoms with Crippen molar-refractivity contribution in [2.45, 2.75) is 10.1 Å². The summed E-state index contributed by atoms with van der Waals surface area (Å²) in [6.45, 7) is 0. The first-order chi connectivity index (χ1) is 15.4. The molecule has 4 rings (SSSR count). The maximum atomic E-state index is 12.5. The molecule has 0 aliphatic carbocycles. The predicted molar refractivity (Wildman–Crippen MR) is 126 cm³/mol. The number of benzene rings is 3. The van der Waals surface area contributed by atoms with E-state index in [2.05, 4.69) is 15.5 Å². The lowest BCUT2D eigenvalue weighted by Gasteiger charge is -2.10. The summed E-state index contributed by atoms with van der Waals surface area (Å²) in [7, 11) is -3.28. The molecule has 0 fully saturated rings. The molecule has 0 saturated carbocycles. The van der Waals surface area contributed by atoms with E-state index in [4.69, 9.17) is 0 Å². The second-order valence-corrected chi connectivity index (χ2v) is 9.93. The van der Waals surface area contributed by atoms with E-state index in [9.17, 15) is 13.2 Å². The highest BCUT2D eigenvalue weighted by Gasteiger charge is 2.17. The van der Waals surface area contributed by atoms with Crippen LogP contribution >= 0.6 is 11.8 Å². The van der Waals surface area contributed by atoms with Gasteiger partial charge in [0.15, 0.2) is 20.8 Å². The molecule has 0 aliphatic rings. The second-order valence-electron chi connectivity index (χ2n) is 6.98. The fourth-order valence-corrected chi connectivity index (χ4v) is 4.44. The van der Waals surface area contributed by atoms with Gasteiger partial charge in [-0.05, 0) is 36.4 Å². The Balaban J connectivity index is 1.52. The van der Waals surface area contributed by atoms with E-state index >= 15 is 0 Å². The molecule has 0 atom stereocenters. The Bertz CT molecular complexity index is 1320. The lowest BCUT2D eigenvalue weighted by atomic mass is 10.2. The van der Waals surface area contributed by atoms with Gasteiger partial charge in [-0.1, -0.05) is 60.3 Å². The van der Waals surface area contributed by atoms with Crippen LogP contribution in [0.2, 0.25) is 0 Å². The van der Waals surface area contributed by atoms with Gasteiger partial charge in [0.1, 0.15) is 0 Å². The van der Waals surface area contributed by atoms with Gasteiger partial charge in [-0.25, -0.2) is 8.42 Å². The van der Waals surface area contributed by atoms with Crippen molar-refractivity contribution < 1.29 is 13.2 Å². The fraction of sp³-hybridized carbons (Fsp3) is 0.0870. The number of anilines is 1. The van der Waals surface area contributed by atoms with Gasteiger partial charge in [0, 0.05) is 23.2 Å². The molecule has 0 bridgehead atoms. The SMILES string of the molecule is CS(=O)(=O)c1ccc(NC(=O)CSc2nnc(-c3ccccc3)n2-c2ccccc2)cc1. The van der Waals surface area contributed by atoms with Crippen LogP contribution in [0.25, 0.3) is 17.1 Å². The Morgan fingerprint density at radius 3 is 2.16 bits per heavy atom. The molecule has 7 nitrogen and oxygen atoms in total. The summed E-state index contributed by atoms with van der Waals surface area (Å²) < 4.78 is 25.1. The number of hydrogen-bond donors (Lipinski definition) is 1. The molecule has 4 aromatic rings. The van der Waals surface area contributed by atoms with Gasteiger partial charge in [-0.3, -0.25) is 9.36 Å². The van der Waals surface area contributed by atoms with Crippen molar-refractivity contribution in [3.63, 3.8) is 0 Å². The van der Waals surface area contributed by atoms with Crippen LogP contribution in [0, 0.1) is 0 Å². The van der Waals surface area contributed by atoms with E-state index in [-0.39, 0.29) is 16.6 Å². The minimum Gasteiger partial charge on any atom is -0.325 e. The molecule has 32 heavy (non-hydrogen) atoms. The molecule has 3 aromatic carbocycles. The fourth-order valence-electron chi connectivity index (χ4n) is 3.06. The summed E-state index contributed by atoms with van der Waals surface area (Å²) in [4.78, 5) is 12.7. The summed E-state index contributed by atoms with van der Waals surface area (Å²) in [5.74, 6) is 0.579. The summed E-state index contributed by atoms with van der Waals surface area (Å²) in [6, 6.07) is 25.5. The van der Waals surface area contributed by atoms with Crippen LogP contribution in [0.3, 0.4) is 0 Å². The third kappa shape index (κ3) is 5.06. The van der Waals surface area contributed by atoms with Crippen molar-refractivity contribution in [1.82, 2.24) is 14.8 Å². The minimum atomic E-state index is -3.28. The van der Waals surface area contributed by atoms with E-state index < -0.39 is 9.84 Å². The zero-order valence-electron chi connectivity index (χ0n) is 17.2. The molecule has 1 N–H and O–H groups in total. The average Bonchev–Trinajstić information content (AvgIpc) is 3.23. The Morgan fingerprint density at radius 1 is 0.906 bits per heavy atom. The molecular formula is C23H20N4O3S2. The molecule has 1 aromatic heterocycles. The monoisotopic (exact) mass is 464 g/mol. The lowest BCUT2D eigenvalue weighted by Crippen LogP contribution is -2.14. The second kappa shape index (κ2) is 9.37. The Labute approximate surface area is 190 Å². The number of thioether (sulfide) groups is 1. The van der Waals surface area contributed by atoms with Crippen molar-refractivity contribution in [1.29, 1.82) is 0 Å². The Hall–Kier alpha value is -3.43. The molecule has 0 radical (unpaired) electrons. The number of amides is 1. The number of carbonyl (C=O) groups is 1. The molecule has 1 amide bonds. The highest BCUT2D eigenvalue weighted by Crippen LogP contribution is 2.28. The molecular weight excluding hydrogens is 444 g/mol. The van der Waals surface area contributed by atoms with E-state index in [1.54, 1.807) is 12.1 Å². The van der Waals surface area contributed by atoms with Crippen LogP contribution in [0.15, 0.2) is 95.0 Å². The summed E-state index contributed by atoms with van der Waals surface area (Å²) in [6.07, 6.45) is 1.14. The zero-order valence-corrected chi connectivity index (χ0v) is 18.8. The Morgan fingerprint density at radius 2 is 1.53 bits per heavy atom. The number of hydrogen-bond acceptors (Lipinski definition) is 6. The molecule has 162 valence electrons. The summed E-state index contributed by atoms with van der Waals surface area (Å²) in [5, 5.41) is 12.0. The third-order valence-electron chi connectivity index (χ3n) is 4.58. The smallest absolute Gasteiger partial charge is 0.234 e. The number of para-hydroxylation sites is 1. The molecule has 0 saturated heterocycles. The minimum absolute atomic E-state index is 0.119. The highest BCUT2D eigenvalue weighted by atomic mass is 32.2. The van der Waals surface area contributed by atoms with E-state index in [0.717, 1.165) is 17.5 Å². The van der Waals surface area contributed by atoms with Gasteiger partial charge in [0.2, 0.25) is 5.91 Å². The highest BCUT2D eigenvalue weighted by molar-refractivity contribution is 7.99. The van der Waals surface area contributed by atoms with Crippen molar-refractivity contribution in [3.05, 3.63) is 84.9 Å². The molecule has 0 aliphatic heterocycles. The van der Waals surface area contributed by atoms with Gasteiger partial charge in [-0.2, -0.15) is 0 Å². The third-order valence-corrected chi connectivity index (χ3v) is 6.64. The molecule has 1 heterocycles. The molecule has 0 unspecified atom stereocenters. The largest absolute Gasteiger partial charge is 0.325 e. The van der Waals surface area contributed by atoms with Gasteiger partial charge >= 0.3 is 0 Å². The quantitative estimate of drug-likeness (QED) is 0.415. The lowest BCUT2D eigenvalue weighted by molar-refractivity contribution is -0.113. The van der Waals surface area contributed by atoms with Crippen LogP contribution in [0.1, 0.15) is 0 Å². The van der Waals surface area contributed by atoms with Gasteiger partial charge in [-0.15, -0.1) is 10.2 Å². The van der Waals surface area contributed by atoms with E-state index in [1.165, 1.54) is 23.9 Å². The number of sulfone groups is 1. The maximum absolute atomic E-state index is 12.5. The van der Waals surface area contributed by atoms with Gasteiger partial charge in [0.05, 0.1) is 10.6 Å². The van der Waals surface area contributed by atoms with Gasteiger partial charge < -0.3 is 5.32 Å². The normalized spacial score (nSPS) is 11.3. The van der Waals surface area contributed by atoms with Crippen LogP contribution in [0.4, 0.5) is 5.69 Å². The average molecular weight is 465 g/mol. The van der Waals surface area contributed by atoms with Crippen molar-refractivity contribution in [2.75, 3.05) is 17.3 Å². The van der Waals surface area contributed by atoms with Crippen LogP contribution in [0.5, 0.6) is 0 Å². The van der Waals surface area contributed by atoms with Crippen LogP contribution in [-0.4, -0.2) is 41.1 Å². The predicted octanol–water partition coefficient (Wildman–Crippen LogP) is 4.07. The van der Waals surface area contributed by atoms with Crippen molar-refractivity contribution in [3.8, 4) is 17.1 Å². The number of rotatable bonds is 7. The number of carbonyl (C=O) groups excluding carboxylic acids is 1.